The van der Waals surface area contributed by atoms with E-state index < -0.39 is 5.54 Å². The van der Waals surface area contributed by atoms with Gasteiger partial charge in [-0.1, -0.05) is 33.1 Å². The van der Waals surface area contributed by atoms with Gasteiger partial charge in [-0.05, 0) is 45.7 Å². The lowest BCUT2D eigenvalue weighted by molar-refractivity contribution is -0.126. The third kappa shape index (κ3) is 5.69. The minimum atomic E-state index is -0.558. The van der Waals surface area contributed by atoms with E-state index in [9.17, 15) is 4.79 Å². The molecule has 2 atom stereocenters. The van der Waals surface area contributed by atoms with E-state index in [1.807, 2.05) is 6.92 Å². The fourth-order valence-electron chi connectivity index (χ4n) is 2.09. The summed E-state index contributed by atoms with van der Waals surface area (Å²) in [6, 6.07) is -0.121. The van der Waals surface area contributed by atoms with Crippen LogP contribution in [0, 0.1) is 0 Å². The van der Waals surface area contributed by atoms with Gasteiger partial charge in [-0.15, -0.1) is 0 Å². The highest BCUT2D eigenvalue weighted by Gasteiger charge is 2.35. The number of carbonyl (C=O) groups is 1. The second kappa shape index (κ2) is 9.78. The van der Waals surface area contributed by atoms with Gasteiger partial charge in [0.15, 0.2) is 5.78 Å². The Morgan fingerprint density at radius 2 is 2.06 bits per heavy atom. The van der Waals surface area contributed by atoms with Gasteiger partial charge in [0.1, 0.15) is 0 Å². The van der Waals surface area contributed by atoms with E-state index in [1.54, 1.807) is 0 Å². The topological polar surface area (TPSA) is 67.1 Å². The van der Waals surface area contributed by atoms with E-state index in [0.717, 1.165) is 38.6 Å². The SMILES string of the molecule is CCCNC(CCCN)C(=O)C(C)(CCC)NS. The summed E-state index contributed by atoms with van der Waals surface area (Å²) in [6.07, 6.45) is 4.42. The number of ketones is 1. The monoisotopic (exact) mass is 275 g/mol. The molecule has 0 aliphatic carbocycles. The van der Waals surface area contributed by atoms with Crippen molar-refractivity contribution in [3.63, 3.8) is 0 Å². The first-order chi connectivity index (χ1) is 8.55. The fourth-order valence-corrected chi connectivity index (χ4v) is 2.31. The molecule has 0 amide bonds. The quantitative estimate of drug-likeness (QED) is 0.433. The van der Waals surface area contributed by atoms with E-state index in [1.165, 1.54) is 0 Å². The lowest BCUT2D eigenvalue weighted by Gasteiger charge is -2.31. The zero-order valence-electron chi connectivity index (χ0n) is 12.0. The molecule has 0 spiro atoms. The van der Waals surface area contributed by atoms with E-state index in [4.69, 9.17) is 5.73 Å². The van der Waals surface area contributed by atoms with Crippen LogP contribution in [0.2, 0.25) is 0 Å². The molecule has 5 heteroatoms. The summed E-state index contributed by atoms with van der Waals surface area (Å²) < 4.78 is 2.89. The van der Waals surface area contributed by atoms with E-state index in [2.05, 4.69) is 36.7 Å². The highest BCUT2D eigenvalue weighted by Crippen LogP contribution is 2.18. The van der Waals surface area contributed by atoms with Crippen LogP contribution >= 0.6 is 12.8 Å². The Morgan fingerprint density at radius 1 is 1.39 bits per heavy atom. The van der Waals surface area contributed by atoms with Crippen LogP contribution in [0.1, 0.15) is 52.9 Å². The second-order valence-electron chi connectivity index (χ2n) is 5.00. The van der Waals surface area contributed by atoms with Crippen molar-refractivity contribution in [1.29, 1.82) is 0 Å². The van der Waals surface area contributed by atoms with Crippen molar-refractivity contribution >= 4 is 18.6 Å². The van der Waals surface area contributed by atoms with Gasteiger partial charge in [0.2, 0.25) is 0 Å². The predicted molar refractivity (Wildman–Crippen MR) is 80.8 cm³/mol. The van der Waals surface area contributed by atoms with Crippen LogP contribution in [0.4, 0.5) is 0 Å². The Hall–Kier alpha value is -0.100. The van der Waals surface area contributed by atoms with Crippen molar-refractivity contribution in [2.75, 3.05) is 13.1 Å². The van der Waals surface area contributed by atoms with Crippen LogP contribution in [0.25, 0.3) is 0 Å². The first-order valence-corrected chi connectivity index (χ1v) is 7.39. The lowest BCUT2D eigenvalue weighted by atomic mass is 9.86. The number of rotatable bonds is 11. The van der Waals surface area contributed by atoms with Crippen LogP contribution < -0.4 is 15.8 Å². The van der Waals surface area contributed by atoms with Crippen molar-refractivity contribution in [3.8, 4) is 0 Å². The Balaban J connectivity index is 4.67. The minimum absolute atomic E-state index is 0.121. The van der Waals surface area contributed by atoms with Crippen molar-refractivity contribution in [3.05, 3.63) is 0 Å². The summed E-state index contributed by atoms with van der Waals surface area (Å²) in [4.78, 5) is 12.6. The Labute approximate surface area is 117 Å². The van der Waals surface area contributed by atoms with Crippen molar-refractivity contribution in [2.45, 2.75) is 64.5 Å². The molecule has 0 bridgehead atoms. The van der Waals surface area contributed by atoms with Gasteiger partial charge >= 0.3 is 0 Å². The number of nitrogens with one attached hydrogen (secondary N) is 2. The Kier molecular flexibility index (Phi) is 9.73. The molecule has 2 unspecified atom stereocenters. The van der Waals surface area contributed by atoms with Crippen LogP contribution in [-0.2, 0) is 4.79 Å². The number of thiol groups is 1. The highest BCUT2D eigenvalue weighted by atomic mass is 32.1. The summed E-state index contributed by atoms with van der Waals surface area (Å²) in [7, 11) is 0. The molecule has 0 aromatic heterocycles. The number of Topliss-reactive ketones (excluding diaryl/α,β-unsaturated/α-hetero) is 1. The molecule has 0 saturated heterocycles. The minimum Gasteiger partial charge on any atom is -0.330 e. The van der Waals surface area contributed by atoms with Crippen LogP contribution in [0.3, 0.4) is 0 Å². The van der Waals surface area contributed by atoms with E-state index >= 15 is 0 Å². The molecule has 4 N–H and O–H groups in total. The van der Waals surface area contributed by atoms with E-state index in [-0.39, 0.29) is 11.8 Å². The second-order valence-corrected chi connectivity index (χ2v) is 5.22. The third-order valence-electron chi connectivity index (χ3n) is 3.19. The zero-order chi connectivity index (χ0) is 14.0. The van der Waals surface area contributed by atoms with Gasteiger partial charge in [0, 0.05) is 0 Å². The summed E-state index contributed by atoms with van der Waals surface area (Å²) in [6.45, 7) is 7.58. The van der Waals surface area contributed by atoms with Gasteiger partial charge < -0.3 is 11.1 Å². The maximum absolute atomic E-state index is 12.6. The molecule has 0 aromatic carbocycles. The molecule has 0 aliphatic rings. The van der Waals surface area contributed by atoms with Crippen molar-refractivity contribution in [2.24, 2.45) is 5.73 Å². The first kappa shape index (κ1) is 17.9. The van der Waals surface area contributed by atoms with Gasteiger partial charge in [-0.2, -0.15) is 0 Å². The molecule has 0 fully saturated rings. The fraction of sp³-hybridized carbons (Fsp3) is 0.923. The van der Waals surface area contributed by atoms with Gasteiger partial charge in [0.25, 0.3) is 0 Å². The molecular formula is C13H29N3OS. The number of hydrogen-bond acceptors (Lipinski definition) is 5. The van der Waals surface area contributed by atoms with Crippen LogP contribution in [0.5, 0.6) is 0 Å². The number of nitrogens with two attached hydrogens (primary N) is 1. The maximum atomic E-state index is 12.6. The van der Waals surface area contributed by atoms with Gasteiger partial charge in [-0.25, -0.2) is 0 Å². The average molecular weight is 275 g/mol. The lowest BCUT2D eigenvalue weighted by Crippen LogP contribution is -2.54. The average Bonchev–Trinajstić information content (AvgIpc) is 2.38. The molecule has 0 aliphatic heterocycles. The largest absolute Gasteiger partial charge is 0.330 e. The molecule has 0 radical (unpaired) electrons. The third-order valence-corrected chi connectivity index (χ3v) is 3.69. The van der Waals surface area contributed by atoms with Crippen LogP contribution in [-0.4, -0.2) is 30.5 Å². The molecule has 0 aromatic rings. The normalized spacial score (nSPS) is 16.3. The van der Waals surface area contributed by atoms with Gasteiger partial charge in [-0.3, -0.25) is 9.52 Å². The van der Waals surface area contributed by atoms with Crippen LogP contribution in [0.15, 0.2) is 0 Å². The first-order valence-electron chi connectivity index (χ1n) is 6.94. The molecule has 18 heavy (non-hydrogen) atoms. The van der Waals surface area contributed by atoms with E-state index in [0.29, 0.717) is 6.54 Å². The molecule has 0 saturated carbocycles. The summed E-state index contributed by atoms with van der Waals surface area (Å²) in [5.41, 5.74) is 4.98. The highest BCUT2D eigenvalue weighted by molar-refractivity contribution is 7.78. The summed E-state index contributed by atoms with van der Waals surface area (Å²) >= 11 is 4.13. The molecule has 0 rings (SSSR count). The number of hydrogen-bond donors (Lipinski definition) is 4. The molecular weight excluding hydrogens is 246 g/mol. The zero-order valence-corrected chi connectivity index (χ0v) is 12.9. The van der Waals surface area contributed by atoms with Crippen molar-refractivity contribution < 1.29 is 4.79 Å². The smallest absolute Gasteiger partial charge is 0.170 e. The Morgan fingerprint density at radius 3 is 2.50 bits per heavy atom. The predicted octanol–water partition coefficient (Wildman–Crippen LogP) is 1.66. The van der Waals surface area contributed by atoms with Crippen molar-refractivity contribution in [1.82, 2.24) is 10.0 Å². The summed E-state index contributed by atoms with van der Waals surface area (Å²) in [5, 5.41) is 3.32. The van der Waals surface area contributed by atoms with Gasteiger partial charge in [0.05, 0.1) is 11.6 Å². The summed E-state index contributed by atoms with van der Waals surface area (Å²) in [5.74, 6) is 0.196. The number of carbonyl (C=O) groups excluding carboxylic acids is 1. The standard InChI is InChI=1S/C13H29N3OS/c1-4-8-13(3,16-18)12(17)11(7-6-9-14)15-10-5-2/h11,15-16,18H,4-10,14H2,1-3H3. The maximum Gasteiger partial charge on any atom is 0.170 e. The Bertz CT molecular complexity index is 230. The molecule has 0 heterocycles. The molecule has 108 valence electrons. The molecule has 4 nitrogen and oxygen atoms in total.